The maximum absolute atomic E-state index is 10.1. The van der Waals surface area contributed by atoms with Gasteiger partial charge < -0.3 is 19.1 Å². The van der Waals surface area contributed by atoms with E-state index >= 15 is 0 Å². The first-order chi connectivity index (χ1) is 18.3. The minimum absolute atomic E-state index is 0.279. The average molecular weight is 531 g/mol. The van der Waals surface area contributed by atoms with E-state index in [-0.39, 0.29) is 5.41 Å². The van der Waals surface area contributed by atoms with Crippen molar-refractivity contribution in [2.24, 2.45) is 4.99 Å². The molecule has 2 fully saturated rings. The highest BCUT2D eigenvalue weighted by Crippen LogP contribution is 2.41. The largest absolute Gasteiger partial charge is 0.487 e. The number of benzene rings is 2. The molecular weight excluding hydrogens is 492 g/mol. The molecule has 2 saturated heterocycles. The van der Waals surface area contributed by atoms with Crippen molar-refractivity contribution in [1.29, 1.82) is 5.26 Å². The van der Waals surface area contributed by atoms with Crippen LogP contribution in [-0.4, -0.2) is 43.9 Å². The Morgan fingerprint density at radius 3 is 2.66 bits per heavy atom. The van der Waals surface area contributed by atoms with Crippen molar-refractivity contribution in [3.8, 4) is 11.8 Å². The molecule has 2 unspecified atom stereocenters. The number of aryl methyl sites for hydroxylation is 1. The number of rotatable bonds is 11. The van der Waals surface area contributed by atoms with Crippen LogP contribution in [0.3, 0.4) is 0 Å². The van der Waals surface area contributed by atoms with Gasteiger partial charge in [-0.3, -0.25) is 0 Å². The number of nitriles is 1. The van der Waals surface area contributed by atoms with Gasteiger partial charge in [0.1, 0.15) is 24.2 Å². The second kappa shape index (κ2) is 12.1. The summed E-state index contributed by atoms with van der Waals surface area (Å²) in [6.45, 7) is 14.4. The predicted molar refractivity (Wildman–Crippen MR) is 158 cm³/mol. The van der Waals surface area contributed by atoms with Crippen LogP contribution in [0.4, 0.5) is 5.69 Å². The third kappa shape index (κ3) is 5.92. The van der Waals surface area contributed by atoms with Crippen molar-refractivity contribution >= 4 is 23.3 Å². The molecule has 2 heterocycles. The quantitative estimate of drug-likeness (QED) is 0.277. The SMILES string of the molecule is C=C(/N=C(\C=C/C)COc1ccc(C(C)(C)c2cc(C#N)c(N3CC4CC3CO4)c(CC)c2)cc1)NSC. The molecule has 0 saturated carbocycles. The minimum Gasteiger partial charge on any atom is -0.487 e. The third-order valence-corrected chi connectivity index (χ3v) is 7.86. The molecule has 0 radical (unpaired) electrons. The molecule has 0 aromatic heterocycles. The number of hydrogen-bond acceptors (Lipinski definition) is 7. The van der Waals surface area contributed by atoms with E-state index in [2.05, 4.69) is 72.3 Å². The fourth-order valence-corrected chi connectivity index (χ4v) is 5.62. The van der Waals surface area contributed by atoms with Crippen LogP contribution < -0.4 is 14.4 Å². The molecule has 2 aromatic rings. The maximum atomic E-state index is 10.1. The molecule has 1 N–H and O–H groups in total. The summed E-state index contributed by atoms with van der Waals surface area (Å²) in [5, 5.41) is 10.1. The van der Waals surface area contributed by atoms with E-state index in [4.69, 9.17) is 9.47 Å². The van der Waals surface area contributed by atoms with Gasteiger partial charge in [0.25, 0.3) is 0 Å². The monoisotopic (exact) mass is 530 g/mol. The van der Waals surface area contributed by atoms with Crippen LogP contribution in [0.25, 0.3) is 0 Å². The smallest absolute Gasteiger partial charge is 0.130 e. The highest BCUT2D eigenvalue weighted by atomic mass is 32.2. The van der Waals surface area contributed by atoms with Crippen molar-refractivity contribution in [3.63, 3.8) is 0 Å². The summed E-state index contributed by atoms with van der Waals surface area (Å²) < 4.78 is 14.9. The molecule has 200 valence electrons. The number of ether oxygens (including phenoxy) is 2. The van der Waals surface area contributed by atoms with Gasteiger partial charge in [0.15, 0.2) is 0 Å². The van der Waals surface area contributed by atoms with Gasteiger partial charge in [-0.1, -0.05) is 63.6 Å². The van der Waals surface area contributed by atoms with Crippen molar-refractivity contribution in [3.05, 3.63) is 83.2 Å². The second-order valence-corrected chi connectivity index (χ2v) is 10.9. The predicted octanol–water partition coefficient (Wildman–Crippen LogP) is 6.16. The van der Waals surface area contributed by atoms with Gasteiger partial charge in [-0.15, -0.1) is 0 Å². The number of aliphatic imine (C=N–C) groups is 1. The highest BCUT2D eigenvalue weighted by molar-refractivity contribution is 7.96. The van der Waals surface area contributed by atoms with E-state index in [0.717, 1.165) is 59.8 Å². The summed E-state index contributed by atoms with van der Waals surface area (Å²) in [6.07, 6.45) is 8.02. The lowest BCUT2D eigenvalue weighted by molar-refractivity contribution is 0.0991. The molecule has 0 amide bonds. The Balaban J connectivity index is 1.54. The molecule has 0 aliphatic carbocycles. The topological polar surface area (TPSA) is 69.9 Å². The first kappa shape index (κ1) is 27.8. The lowest BCUT2D eigenvalue weighted by Crippen LogP contribution is -2.38. The summed E-state index contributed by atoms with van der Waals surface area (Å²) in [7, 11) is 0. The number of anilines is 1. The van der Waals surface area contributed by atoms with E-state index in [1.807, 2.05) is 37.5 Å². The zero-order valence-electron chi connectivity index (χ0n) is 23.1. The molecule has 6 nitrogen and oxygen atoms in total. The maximum Gasteiger partial charge on any atom is 0.130 e. The summed E-state index contributed by atoms with van der Waals surface area (Å²) in [5.74, 6) is 1.37. The number of nitrogens with zero attached hydrogens (tertiary/aromatic N) is 3. The lowest BCUT2D eigenvalue weighted by Gasteiger charge is -2.33. The van der Waals surface area contributed by atoms with E-state index in [1.54, 1.807) is 0 Å². The van der Waals surface area contributed by atoms with E-state index in [1.165, 1.54) is 17.5 Å². The zero-order chi connectivity index (χ0) is 27.3. The Bertz CT molecular complexity index is 1260. The fraction of sp³-hybridized carbons (Fsp3) is 0.419. The van der Waals surface area contributed by atoms with Gasteiger partial charge in [-0.05, 0) is 60.7 Å². The number of fused-ring (bicyclic) bond motifs is 2. The molecule has 7 heteroatoms. The zero-order valence-corrected chi connectivity index (χ0v) is 23.9. The van der Waals surface area contributed by atoms with Crippen molar-refractivity contribution in [2.75, 3.05) is 30.9 Å². The number of nitrogens with one attached hydrogen (secondary N) is 1. The molecule has 38 heavy (non-hydrogen) atoms. The Morgan fingerprint density at radius 1 is 1.32 bits per heavy atom. The molecule has 4 rings (SSSR count). The minimum atomic E-state index is -0.279. The molecule has 2 bridgehead atoms. The van der Waals surface area contributed by atoms with Gasteiger partial charge >= 0.3 is 0 Å². The van der Waals surface area contributed by atoms with Crippen LogP contribution in [0.5, 0.6) is 5.75 Å². The van der Waals surface area contributed by atoms with Gasteiger partial charge in [-0.25, -0.2) is 4.99 Å². The first-order valence-corrected chi connectivity index (χ1v) is 14.4. The Labute approximate surface area is 231 Å². The molecule has 2 aliphatic heterocycles. The summed E-state index contributed by atoms with van der Waals surface area (Å²) >= 11 is 1.45. The second-order valence-electron chi connectivity index (χ2n) is 10.3. The van der Waals surface area contributed by atoms with Crippen molar-refractivity contribution in [1.82, 2.24) is 4.72 Å². The normalized spacial score (nSPS) is 19.2. The standard InChI is InChI=1S/C31H38N4O2S/c1-7-9-26(33-21(3)34-38-6)19-36-28-12-10-24(11-13-28)31(4,5)25-14-22(8-2)30(23(15-25)17-32)35-18-29-16-27(35)20-37-29/h7,9-15,27,29,34H,3,8,16,18-20H2,1-2,4-6H3/b9-7-,33-26+. The molecule has 0 spiro atoms. The van der Waals surface area contributed by atoms with Crippen LogP contribution in [0.15, 0.2) is 65.9 Å². The van der Waals surface area contributed by atoms with Crippen LogP contribution in [0.1, 0.15) is 56.4 Å². The number of hydrogen-bond donors (Lipinski definition) is 1. The van der Waals surface area contributed by atoms with E-state index in [0.29, 0.717) is 24.6 Å². The van der Waals surface area contributed by atoms with Crippen LogP contribution in [0.2, 0.25) is 0 Å². The molecule has 2 aliphatic rings. The van der Waals surface area contributed by atoms with Gasteiger partial charge in [0, 0.05) is 18.2 Å². The number of allylic oxidation sites excluding steroid dienone is 1. The molecule has 2 aromatic carbocycles. The Hall–Kier alpha value is -3.21. The Morgan fingerprint density at radius 2 is 2.08 bits per heavy atom. The van der Waals surface area contributed by atoms with Crippen LogP contribution >= 0.6 is 11.9 Å². The molecular formula is C31H38N4O2S. The summed E-state index contributed by atoms with van der Waals surface area (Å²) in [6, 6.07) is 15.5. The first-order valence-electron chi connectivity index (χ1n) is 13.2. The highest BCUT2D eigenvalue weighted by Gasteiger charge is 2.41. The lowest BCUT2D eigenvalue weighted by atomic mass is 9.76. The Kier molecular flexibility index (Phi) is 8.86. The van der Waals surface area contributed by atoms with E-state index in [9.17, 15) is 5.26 Å². The fourth-order valence-electron chi connectivity index (χ4n) is 5.34. The van der Waals surface area contributed by atoms with Gasteiger partial charge in [-0.2, -0.15) is 5.26 Å². The van der Waals surface area contributed by atoms with Crippen molar-refractivity contribution in [2.45, 2.75) is 58.1 Å². The summed E-state index contributed by atoms with van der Waals surface area (Å²) in [5.41, 5.74) is 5.91. The van der Waals surface area contributed by atoms with Crippen LogP contribution in [-0.2, 0) is 16.6 Å². The summed E-state index contributed by atoms with van der Waals surface area (Å²) in [4.78, 5) is 6.90. The molecule has 2 atom stereocenters. The van der Waals surface area contributed by atoms with Crippen molar-refractivity contribution < 1.29 is 9.47 Å². The average Bonchev–Trinajstić information content (AvgIpc) is 3.55. The van der Waals surface area contributed by atoms with E-state index < -0.39 is 0 Å². The van der Waals surface area contributed by atoms with Gasteiger partial charge in [0.2, 0.25) is 0 Å². The van der Waals surface area contributed by atoms with Gasteiger partial charge in [0.05, 0.1) is 35.7 Å². The number of morpholine rings is 1. The third-order valence-electron chi connectivity index (χ3n) is 7.42. The van der Waals surface area contributed by atoms with Crippen LogP contribution in [0, 0.1) is 11.3 Å².